The van der Waals surface area contributed by atoms with Crippen LogP contribution in [0.4, 0.5) is 13.2 Å². The molecule has 0 saturated carbocycles. The normalized spacial score (nSPS) is 28.9. The molecule has 1 saturated heterocycles. The zero-order chi connectivity index (χ0) is 17.1. The maximum atomic E-state index is 12.4. The number of allylic oxidation sites excluding steroid dienone is 1. The van der Waals surface area contributed by atoms with Gasteiger partial charge in [-0.1, -0.05) is 13.3 Å². The molecule has 2 aliphatic rings. The lowest BCUT2D eigenvalue weighted by molar-refractivity contribution is -0.0615. The molecule has 1 aliphatic heterocycles. The minimum absolute atomic E-state index is 0.0873. The predicted octanol–water partition coefficient (Wildman–Crippen LogP) is 3.04. The van der Waals surface area contributed by atoms with Gasteiger partial charge in [-0.3, -0.25) is 5.32 Å². The Hall–Kier alpha value is -0.800. The van der Waals surface area contributed by atoms with Crippen molar-refractivity contribution in [2.75, 3.05) is 6.61 Å². The number of piperidine rings is 1. The molecule has 0 spiro atoms. The number of hydrogen-bond acceptors (Lipinski definition) is 5. The van der Waals surface area contributed by atoms with Crippen molar-refractivity contribution in [2.45, 2.75) is 63.2 Å². The largest absolute Gasteiger partial charge is 0.523 e. The fraction of sp³-hybridized carbons (Fsp3) is 0.857. The molecular weight excluding hydrogens is 335 g/mol. The first-order valence-corrected chi connectivity index (χ1v) is 9.21. The third-order valence-corrected chi connectivity index (χ3v) is 5.20. The summed E-state index contributed by atoms with van der Waals surface area (Å²) in [6, 6.07) is -0.0873. The molecular formula is C14H22F3NO4S. The quantitative estimate of drug-likeness (QED) is 0.450. The predicted molar refractivity (Wildman–Crippen MR) is 77.7 cm³/mol. The molecule has 134 valence electrons. The summed E-state index contributed by atoms with van der Waals surface area (Å²) in [4.78, 5) is 0. The van der Waals surface area contributed by atoms with E-state index < -0.39 is 21.9 Å². The fourth-order valence-electron chi connectivity index (χ4n) is 2.88. The third kappa shape index (κ3) is 4.84. The van der Waals surface area contributed by atoms with Crippen LogP contribution in [-0.4, -0.2) is 32.8 Å². The Bertz CT molecular complexity index is 533. The standard InChI is InChI=1S/C14H22F3NO4S/c1-2-3-8-21-11-5-6-12-10(9-11)4-7-13(18-12)22-23(19,20)14(15,16)17/h5,10,12-13,18H,2-4,6-9H2,1H3/t10-,12?,13?/m1/s1. The monoisotopic (exact) mass is 357 g/mol. The van der Waals surface area contributed by atoms with Gasteiger partial charge in [0, 0.05) is 12.5 Å². The Labute approximate surface area is 134 Å². The molecule has 0 aromatic heterocycles. The highest BCUT2D eigenvalue weighted by molar-refractivity contribution is 7.87. The second-order valence-corrected chi connectivity index (χ2v) is 7.47. The second-order valence-electron chi connectivity index (χ2n) is 5.91. The third-order valence-electron chi connectivity index (χ3n) is 4.14. The molecule has 1 fully saturated rings. The first kappa shape index (κ1) is 18.5. The van der Waals surface area contributed by atoms with E-state index in [1.807, 2.05) is 6.08 Å². The molecule has 0 aromatic carbocycles. The van der Waals surface area contributed by atoms with E-state index in [0.717, 1.165) is 25.0 Å². The van der Waals surface area contributed by atoms with E-state index in [4.69, 9.17) is 4.74 Å². The zero-order valence-electron chi connectivity index (χ0n) is 12.9. The van der Waals surface area contributed by atoms with Crippen molar-refractivity contribution in [3.8, 4) is 0 Å². The van der Waals surface area contributed by atoms with E-state index in [0.29, 0.717) is 19.4 Å². The molecule has 1 aliphatic carbocycles. The number of rotatable bonds is 6. The number of halogens is 3. The van der Waals surface area contributed by atoms with E-state index in [2.05, 4.69) is 16.4 Å². The van der Waals surface area contributed by atoms with Crippen LogP contribution in [0.2, 0.25) is 0 Å². The van der Waals surface area contributed by atoms with E-state index in [-0.39, 0.29) is 18.4 Å². The minimum Gasteiger partial charge on any atom is -0.498 e. The Balaban J connectivity index is 1.88. The molecule has 1 N–H and O–H groups in total. The van der Waals surface area contributed by atoms with Crippen molar-refractivity contribution in [3.63, 3.8) is 0 Å². The maximum absolute atomic E-state index is 12.4. The SMILES string of the molecule is CCCCOC1=CCC2NC(OS(=O)(=O)C(F)(F)F)CC[C@@H]2C1. The van der Waals surface area contributed by atoms with Crippen LogP contribution in [0.3, 0.4) is 0 Å². The highest BCUT2D eigenvalue weighted by Gasteiger charge is 2.49. The van der Waals surface area contributed by atoms with Gasteiger partial charge in [0.1, 0.15) is 6.23 Å². The summed E-state index contributed by atoms with van der Waals surface area (Å²) in [6.07, 6.45) is 4.97. The van der Waals surface area contributed by atoms with Gasteiger partial charge in [-0.25, -0.2) is 4.18 Å². The summed E-state index contributed by atoms with van der Waals surface area (Å²) >= 11 is 0. The summed E-state index contributed by atoms with van der Waals surface area (Å²) in [6.45, 7) is 2.75. The number of unbranched alkanes of at least 4 members (excludes halogenated alkanes) is 1. The highest BCUT2D eigenvalue weighted by atomic mass is 32.2. The molecule has 23 heavy (non-hydrogen) atoms. The maximum Gasteiger partial charge on any atom is 0.523 e. The number of ether oxygens (including phenoxy) is 1. The molecule has 5 nitrogen and oxygen atoms in total. The molecule has 9 heteroatoms. The number of alkyl halides is 3. The number of nitrogens with one attached hydrogen (secondary N) is 1. The number of hydrogen-bond donors (Lipinski definition) is 1. The van der Waals surface area contributed by atoms with Crippen molar-refractivity contribution < 1.29 is 30.5 Å². The van der Waals surface area contributed by atoms with E-state index >= 15 is 0 Å². The van der Waals surface area contributed by atoms with Crippen molar-refractivity contribution in [3.05, 3.63) is 11.8 Å². The van der Waals surface area contributed by atoms with Crippen LogP contribution in [0, 0.1) is 5.92 Å². The van der Waals surface area contributed by atoms with Crippen LogP contribution >= 0.6 is 0 Å². The van der Waals surface area contributed by atoms with Gasteiger partial charge < -0.3 is 4.74 Å². The average molecular weight is 357 g/mol. The topological polar surface area (TPSA) is 64.6 Å². The molecule has 0 bridgehead atoms. The van der Waals surface area contributed by atoms with Gasteiger partial charge in [0.2, 0.25) is 0 Å². The molecule has 0 amide bonds. The molecule has 3 atom stereocenters. The van der Waals surface area contributed by atoms with Crippen molar-refractivity contribution in [1.29, 1.82) is 0 Å². The van der Waals surface area contributed by atoms with Crippen molar-refractivity contribution in [2.24, 2.45) is 5.92 Å². The van der Waals surface area contributed by atoms with Gasteiger partial charge in [-0.05, 0) is 37.7 Å². The van der Waals surface area contributed by atoms with Gasteiger partial charge in [0.05, 0.1) is 12.4 Å². The van der Waals surface area contributed by atoms with E-state index in [9.17, 15) is 21.6 Å². The van der Waals surface area contributed by atoms with Crippen LogP contribution in [-0.2, 0) is 19.0 Å². The van der Waals surface area contributed by atoms with Crippen LogP contribution in [0.1, 0.15) is 45.4 Å². The molecule has 0 radical (unpaired) electrons. The van der Waals surface area contributed by atoms with Gasteiger partial charge in [-0.2, -0.15) is 21.6 Å². The molecule has 0 aromatic rings. The van der Waals surface area contributed by atoms with Gasteiger partial charge in [-0.15, -0.1) is 0 Å². The summed E-state index contributed by atoms with van der Waals surface area (Å²) in [5.74, 6) is 1.15. The Morgan fingerprint density at radius 3 is 2.74 bits per heavy atom. The second kappa shape index (κ2) is 7.40. The van der Waals surface area contributed by atoms with Crippen LogP contribution in [0.15, 0.2) is 11.8 Å². The Kier molecular flexibility index (Phi) is 5.96. The van der Waals surface area contributed by atoms with Gasteiger partial charge in [0.15, 0.2) is 0 Å². The van der Waals surface area contributed by atoms with Crippen LogP contribution < -0.4 is 5.32 Å². The lowest BCUT2D eigenvalue weighted by Gasteiger charge is -2.39. The van der Waals surface area contributed by atoms with Gasteiger partial charge in [0.25, 0.3) is 0 Å². The summed E-state index contributed by atoms with van der Waals surface area (Å²) in [5, 5.41) is 2.87. The highest BCUT2D eigenvalue weighted by Crippen LogP contribution is 2.34. The van der Waals surface area contributed by atoms with Crippen molar-refractivity contribution in [1.82, 2.24) is 5.32 Å². The Morgan fingerprint density at radius 1 is 1.35 bits per heavy atom. The number of fused-ring (bicyclic) bond motifs is 1. The fourth-order valence-corrected chi connectivity index (χ4v) is 3.45. The lowest BCUT2D eigenvalue weighted by Crippen LogP contribution is -2.51. The summed E-state index contributed by atoms with van der Waals surface area (Å²) in [7, 11) is -5.56. The first-order valence-electron chi connectivity index (χ1n) is 7.80. The smallest absolute Gasteiger partial charge is 0.498 e. The van der Waals surface area contributed by atoms with Crippen molar-refractivity contribution >= 4 is 10.1 Å². The molecule has 2 rings (SSSR count). The van der Waals surface area contributed by atoms with E-state index in [1.165, 1.54) is 0 Å². The Morgan fingerprint density at radius 2 is 2.09 bits per heavy atom. The minimum atomic E-state index is -5.56. The van der Waals surface area contributed by atoms with E-state index in [1.54, 1.807) is 0 Å². The average Bonchev–Trinajstić information content (AvgIpc) is 2.46. The molecule has 1 heterocycles. The zero-order valence-corrected chi connectivity index (χ0v) is 13.8. The van der Waals surface area contributed by atoms with Crippen LogP contribution in [0.25, 0.3) is 0 Å². The van der Waals surface area contributed by atoms with Crippen LogP contribution in [0.5, 0.6) is 0 Å². The van der Waals surface area contributed by atoms with Gasteiger partial charge >= 0.3 is 15.6 Å². The summed E-state index contributed by atoms with van der Waals surface area (Å²) < 4.78 is 69.1. The molecule has 2 unspecified atom stereocenters. The lowest BCUT2D eigenvalue weighted by atomic mass is 9.81. The first-order chi connectivity index (χ1) is 10.7. The summed E-state index contributed by atoms with van der Waals surface area (Å²) in [5.41, 5.74) is -5.39.